The smallest absolute Gasteiger partial charge is 0.132 e. The van der Waals surface area contributed by atoms with Crippen molar-refractivity contribution >= 4 is 5.78 Å². The molecule has 2 rings (SSSR count). The SMILES string of the molecule is CC(=O)C1C[C@@H]2[C@H](C1)C2(C)C. The second-order valence-corrected chi connectivity index (χ2v) is 4.81. The van der Waals surface area contributed by atoms with Crippen LogP contribution >= 0.6 is 0 Å². The largest absolute Gasteiger partial charge is 0.300 e. The second-order valence-electron chi connectivity index (χ2n) is 4.81. The molecule has 0 N–H and O–H groups in total. The summed E-state index contributed by atoms with van der Waals surface area (Å²) in [6, 6.07) is 0. The Balaban J connectivity index is 2.00. The van der Waals surface area contributed by atoms with E-state index in [2.05, 4.69) is 13.8 Å². The summed E-state index contributed by atoms with van der Waals surface area (Å²) in [4.78, 5) is 11.0. The Labute approximate surface area is 68.2 Å². The molecule has 1 heteroatoms. The summed E-state index contributed by atoms with van der Waals surface area (Å²) in [6.45, 7) is 6.40. The van der Waals surface area contributed by atoms with Crippen LogP contribution in [0.4, 0.5) is 0 Å². The van der Waals surface area contributed by atoms with Gasteiger partial charge in [0.05, 0.1) is 0 Å². The summed E-state index contributed by atoms with van der Waals surface area (Å²) < 4.78 is 0. The average molecular weight is 152 g/mol. The first-order valence-electron chi connectivity index (χ1n) is 4.54. The molecule has 0 aliphatic heterocycles. The Kier molecular flexibility index (Phi) is 1.25. The van der Waals surface area contributed by atoms with E-state index in [1.54, 1.807) is 6.92 Å². The highest BCUT2D eigenvalue weighted by atomic mass is 16.1. The van der Waals surface area contributed by atoms with Gasteiger partial charge >= 0.3 is 0 Å². The molecule has 0 bridgehead atoms. The van der Waals surface area contributed by atoms with Crippen LogP contribution in [-0.2, 0) is 4.79 Å². The van der Waals surface area contributed by atoms with Crippen LogP contribution in [0.15, 0.2) is 0 Å². The van der Waals surface area contributed by atoms with Crippen molar-refractivity contribution < 1.29 is 4.79 Å². The quantitative estimate of drug-likeness (QED) is 0.563. The third kappa shape index (κ3) is 0.863. The van der Waals surface area contributed by atoms with Crippen LogP contribution in [0.25, 0.3) is 0 Å². The molecule has 2 saturated carbocycles. The highest BCUT2D eigenvalue weighted by molar-refractivity contribution is 5.78. The zero-order valence-corrected chi connectivity index (χ0v) is 7.55. The van der Waals surface area contributed by atoms with Gasteiger partial charge in [0.25, 0.3) is 0 Å². The van der Waals surface area contributed by atoms with Gasteiger partial charge in [-0.15, -0.1) is 0 Å². The molecule has 3 atom stereocenters. The van der Waals surface area contributed by atoms with E-state index in [0.29, 0.717) is 17.1 Å². The minimum Gasteiger partial charge on any atom is -0.300 e. The van der Waals surface area contributed by atoms with E-state index < -0.39 is 0 Å². The molecular weight excluding hydrogens is 136 g/mol. The molecule has 0 aromatic heterocycles. The highest BCUT2D eigenvalue weighted by Gasteiger charge is 2.62. The number of Topliss-reactive ketones (excluding diaryl/α,β-unsaturated/α-hetero) is 1. The molecule has 2 aliphatic rings. The van der Waals surface area contributed by atoms with Crippen molar-refractivity contribution in [2.24, 2.45) is 23.2 Å². The molecule has 0 aromatic rings. The van der Waals surface area contributed by atoms with Gasteiger partial charge in [-0.1, -0.05) is 13.8 Å². The van der Waals surface area contributed by atoms with Gasteiger partial charge in [-0.3, -0.25) is 4.79 Å². The molecule has 62 valence electrons. The normalized spacial score (nSPS) is 45.2. The number of hydrogen-bond acceptors (Lipinski definition) is 1. The molecule has 0 saturated heterocycles. The van der Waals surface area contributed by atoms with Gasteiger partial charge in [0.1, 0.15) is 5.78 Å². The van der Waals surface area contributed by atoms with Gasteiger partial charge in [-0.25, -0.2) is 0 Å². The molecule has 0 aromatic carbocycles. The molecule has 2 aliphatic carbocycles. The molecular formula is C10H16O. The number of ketones is 1. The second kappa shape index (κ2) is 1.88. The van der Waals surface area contributed by atoms with Crippen LogP contribution in [0, 0.1) is 23.2 Å². The van der Waals surface area contributed by atoms with Crippen molar-refractivity contribution in [3.05, 3.63) is 0 Å². The third-order valence-corrected chi connectivity index (χ3v) is 3.94. The number of carbonyl (C=O) groups is 1. The van der Waals surface area contributed by atoms with Crippen molar-refractivity contribution in [3.8, 4) is 0 Å². The Morgan fingerprint density at radius 1 is 1.27 bits per heavy atom. The maximum absolute atomic E-state index is 11.0. The van der Waals surface area contributed by atoms with Crippen molar-refractivity contribution in [2.75, 3.05) is 0 Å². The lowest BCUT2D eigenvalue weighted by molar-refractivity contribution is -0.121. The minimum atomic E-state index is 0.410. The zero-order valence-electron chi connectivity index (χ0n) is 7.55. The summed E-state index contributed by atoms with van der Waals surface area (Å²) in [6.07, 6.45) is 2.35. The molecule has 11 heavy (non-hydrogen) atoms. The first-order chi connectivity index (χ1) is 5.03. The summed E-state index contributed by atoms with van der Waals surface area (Å²) in [5.41, 5.74) is 0.575. The summed E-state index contributed by atoms with van der Waals surface area (Å²) in [5, 5.41) is 0. The lowest BCUT2D eigenvalue weighted by atomic mass is 9.91. The van der Waals surface area contributed by atoms with Gasteiger partial charge < -0.3 is 0 Å². The van der Waals surface area contributed by atoms with E-state index >= 15 is 0 Å². The van der Waals surface area contributed by atoms with Crippen LogP contribution in [0.3, 0.4) is 0 Å². The van der Waals surface area contributed by atoms with Crippen LogP contribution in [-0.4, -0.2) is 5.78 Å². The van der Waals surface area contributed by atoms with E-state index in [-0.39, 0.29) is 0 Å². The zero-order chi connectivity index (χ0) is 8.22. The topological polar surface area (TPSA) is 17.1 Å². The monoisotopic (exact) mass is 152 g/mol. The van der Waals surface area contributed by atoms with Gasteiger partial charge in [-0.05, 0) is 37.0 Å². The third-order valence-electron chi connectivity index (χ3n) is 3.94. The summed E-state index contributed by atoms with van der Waals surface area (Å²) in [5.74, 6) is 2.57. The molecule has 1 unspecified atom stereocenters. The van der Waals surface area contributed by atoms with Gasteiger partial charge in [0, 0.05) is 5.92 Å². The van der Waals surface area contributed by atoms with E-state index in [0.717, 1.165) is 11.8 Å². The Hall–Kier alpha value is -0.330. The predicted octanol–water partition coefficient (Wildman–Crippen LogP) is 2.26. The number of fused-ring (bicyclic) bond motifs is 1. The first kappa shape index (κ1) is 7.33. The van der Waals surface area contributed by atoms with Crippen LogP contribution in [0.2, 0.25) is 0 Å². The molecule has 0 radical (unpaired) electrons. The molecule has 0 spiro atoms. The Morgan fingerprint density at radius 3 is 2.09 bits per heavy atom. The molecule has 1 nitrogen and oxygen atoms in total. The maximum atomic E-state index is 11.0. The molecule has 0 amide bonds. The van der Waals surface area contributed by atoms with Crippen molar-refractivity contribution in [3.63, 3.8) is 0 Å². The van der Waals surface area contributed by atoms with Crippen molar-refractivity contribution in [1.82, 2.24) is 0 Å². The number of hydrogen-bond donors (Lipinski definition) is 0. The van der Waals surface area contributed by atoms with Crippen LogP contribution in [0.5, 0.6) is 0 Å². The van der Waals surface area contributed by atoms with E-state index in [1.807, 2.05) is 0 Å². The lowest BCUT2D eigenvalue weighted by Crippen LogP contribution is -2.12. The fraction of sp³-hybridized carbons (Fsp3) is 0.900. The number of carbonyl (C=O) groups excluding carboxylic acids is 1. The van der Waals surface area contributed by atoms with E-state index in [1.165, 1.54) is 12.8 Å². The highest BCUT2D eigenvalue weighted by Crippen LogP contribution is 2.68. The lowest BCUT2D eigenvalue weighted by Gasteiger charge is -2.13. The summed E-state index contributed by atoms with van der Waals surface area (Å²) in [7, 11) is 0. The average Bonchev–Trinajstić information content (AvgIpc) is 2.28. The fourth-order valence-electron chi connectivity index (χ4n) is 2.83. The van der Waals surface area contributed by atoms with Gasteiger partial charge in [0.2, 0.25) is 0 Å². The Bertz CT molecular complexity index is 191. The van der Waals surface area contributed by atoms with Gasteiger partial charge in [0.15, 0.2) is 0 Å². The predicted molar refractivity (Wildman–Crippen MR) is 44.2 cm³/mol. The summed E-state index contributed by atoms with van der Waals surface area (Å²) >= 11 is 0. The maximum Gasteiger partial charge on any atom is 0.132 e. The fourth-order valence-corrected chi connectivity index (χ4v) is 2.83. The molecule has 0 heterocycles. The first-order valence-corrected chi connectivity index (χ1v) is 4.54. The van der Waals surface area contributed by atoms with Crippen molar-refractivity contribution in [2.45, 2.75) is 33.6 Å². The van der Waals surface area contributed by atoms with Gasteiger partial charge in [-0.2, -0.15) is 0 Å². The van der Waals surface area contributed by atoms with E-state index in [9.17, 15) is 4.79 Å². The van der Waals surface area contributed by atoms with E-state index in [4.69, 9.17) is 0 Å². The van der Waals surface area contributed by atoms with Crippen molar-refractivity contribution in [1.29, 1.82) is 0 Å². The molecule has 2 fully saturated rings. The minimum absolute atomic E-state index is 0.410. The number of rotatable bonds is 1. The standard InChI is InChI=1S/C10H16O/c1-6(11)7-4-8-9(5-7)10(8,2)3/h7-9H,4-5H2,1-3H3/t7?,8-,9+. The van der Waals surface area contributed by atoms with Crippen LogP contribution < -0.4 is 0 Å². The van der Waals surface area contributed by atoms with Crippen LogP contribution in [0.1, 0.15) is 33.6 Å². The Morgan fingerprint density at radius 2 is 1.73 bits per heavy atom.